The molecule has 0 bridgehead atoms. The monoisotopic (exact) mass is 323 g/mol. The number of benzene rings is 1. The van der Waals surface area contributed by atoms with Gasteiger partial charge in [-0.2, -0.15) is 13.2 Å². The van der Waals surface area contributed by atoms with Crippen molar-refractivity contribution in [2.24, 2.45) is 0 Å². The number of rotatable bonds is 4. The Morgan fingerprint density at radius 1 is 1.30 bits per heavy atom. The van der Waals surface area contributed by atoms with Crippen LogP contribution in [-0.4, -0.2) is 10.9 Å². The molecule has 1 atom stereocenters. The first-order valence-corrected chi connectivity index (χ1v) is 6.94. The molecule has 0 saturated heterocycles. The van der Waals surface area contributed by atoms with Crippen molar-refractivity contribution in [1.82, 2.24) is 4.98 Å². The summed E-state index contributed by atoms with van der Waals surface area (Å²) in [5.41, 5.74) is 5.68. The van der Waals surface area contributed by atoms with Gasteiger partial charge in [-0.3, -0.25) is 4.79 Å². The van der Waals surface area contributed by atoms with Crippen LogP contribution < -0.4 is 11.1 Å². The standard InChI is InChI=1S/C16H16F3N3O/c1-10(11-3-2-4-12(8-11)16(17,18)19)7-15(23)22-13-5-6-14(20)21-9-13/h2-6,8-10H,7H2,1H3,(H2,20,21)(H,22,23). The van der Waals surface area contributed by atoms with E-state index in [2.05, 4.69) is 10.3 Å². The van der Waals surface area contributed by atoms with Crippen LogP contribution in [0.3, 0.4) is 0 Å². The number of hydrogen-bond acceptors (Lipinski definition) is 3. The largest absolute Gasteiger partial charge is 0.416 e. The number of amides is 1. The van der Waals surface area contributed by atoms with Gasteiger partial charge in [-0.05, 0) is 29.7 Å². The van der Waals surface area contributed by atoms with Crippen LogP contribution in [0, 0.1) is 0 Å². The lowest BCUT2D eigenvalue weighted by Crippen LogP contribution is -2.15. The predicted molar refractivity (Wildman–Crippen MR) is 81.8 cm³/mol. The summed E-state index contributed by atoms with van der Waals surface area (Å²) < 4.78 is 38.2. The number of nitrogen functional groups attached to an aromatic ring is 1. The summed E-state index contributed by atoms with van der Waals surface area (Å²) in [5, 5.41) is 2.64. The number of carbonyl (C=O) groups excluding carboxylic acids is 1. The number of alkyl halides is 3. The third-order valence-corrected chi connectivity index (χ3v) is 3.34. The Kier molecular flexibility index (Phi) is 4.88. The normalized spacial score (nSPS) is 12.7. The van der Waals surface area contributed by atoms with Crippen LogP contribution in [0.25, 0.3) is 0 Å². The van der Waals surface area contributed by atoms with Crippen LogP contribution in [0.2, 0.25) is 0 Å². The number of hydrogen-bond donors (Lipinski definition) is 2. The molecule has 0 saturated carbocycles. The maximum Gasteiger partial charge on any atom is 0.416 e. The smallest absolute Gasteiger partial charge is 0.384 e. The fourth-order valence-corrected chi connectivity index (χ4v) is 2.11. The zero-order valence-corrected chi connectivity index (χ0v) is 12.4. The molecule has 0 fully saturated rings. The number of nitrogens with one attached hydrogen (secondary N) is 1. The Bertz CT molecular complexity index is 684. The van der Waals surface area contributed by atoms with Gasteiger partial charge in [-0.1, -0.05) is 25.1 Å². The van der Waals surface area contributed by atoms with E-state index in [1.807, 2.05) is 0 Å². The second-order valence-electron chi connectivity index (χ2n) is 5.25. The summed E-state index contributed by atoms with van der Waals surface area (Å²) in [5.74, 6) is -0.319. The Hall–Kier alpha value is -2.57. The Balaban J connectivity index is 2.02. The molecule has 0 aliphatic rings. The molecule has 7 heteroatoms. The highest BCUT2D eigenvalue weighted by Crippen LogP contribution is 2.31. The van der Waals surface area contributed by atoms with E-state index in [0.717, 1.165) is 12.1 Å². The van der Waals surface area contributed by atoms with E-state index in [9.17, 15) is 18.0 Å². The minimum atomic E-state index is -4.40. The van der Waals surface area contributed by atoms with E-state index in [0.29, 0.717) is 17.1 Å². The van der Waals surface area contributed by atoms with Crippen molar-refractivity contribution in [2.45, 2.75) is 25.4 Å². The molecule has 1 aromatic carbocycles. The van der Waals surface area contributed by atoms with Crippen molar-refractivity contribution in [2.75, 3.05) is 11.1 Å². The summed E-state index contributed by atoms with van der Waals surface area (Å²) in [6, 6.07) is 8.16. The molecule has 1 unspecified atom stereocenters. The number of aromatic nitrogens is 1. The second kappa shape index (κ2) is 6.68. The number of anilines is 2. The quantitative estimate of drug-likeness (QED) is 0.899. The minimum Gasteiger partial charge on any atom is -0.384 e. The Morgan fingerprint density at radius 2 is 2.04 bits per heavy atom. The first-order valence-electron chi connectivity index (χ1n) is 6.94. The van der Waals surface area contributed by atoms with Crippen LogP contribution in [0.15, 0.2) is 42.6 Å². The van der Waals surface area contributed by atoms with Gasteiger partial charge in [-0.15, -0.1) is 0 Å². The molecular formula is C16H16F3N3O. The zero-order valence-electron chi connectivity index (χ0n) is 12.4. The van der Waals surface area contributed by atoms with Crippen molar-refractivity contribution in [3.05, 3.63) is 53.7 Å². The number of pyridine rings is 1. The van der Waals surface area contributed by atoms with Gasteiger partial charge in [0.1, 0.15) is 5.82 Å². The number of nitrogens with zero attached hydrogens (tertiary/aromatic N) is 1. The molecule has 2 aromatic rings. The van der Waals surface area contributed by atoms with Gasteiger partial charge in [0.15, 0.2) is 0 Å². The average molecular weight is 323 g/mol. The summed E-state index contributed by atoms with van der Waals surface area (Å²) in [7, 11) is 0. The van der Waals surface area contributed by atoms with E-state index in [4.69, 9.17) is 5.73 Å². The Morgan fingerprint density at radius 3 is 2.65 bits per heavy atom. The highest BCUT2D eigenvalue weighted by Gasteiger charge is 2.30. The molecular weight excluding hydrogens is 307 g/mol. The first-order chi connectivity index (χ1) is 10.8. The highest BCUT2D eigenvalue weighted by molar-refractivity contribution is 5.91. The van der Waals surface area contributed by atoms with Gasteiger partial charge in [0.05, 0.1) is 17.4 Å². The van der Waals surface area contributed by atoms with Crippen LogP contribution in [-0.2, 0) is 11.0 Å². The molecule has 1 aromatic heterocycles. The lowest BCUT2D eigenvalue weighted by Gasteiger charge is -2.14. The fourth-order valence-electron chi connectivity index (χ4n) is 2.11. The third kappa shape index (κ3) is 4.70. The second-order valence-corrected chi connectivity index (χ2v) is 5.25. The minimum absolute atomic E-state index is 0.0612. The molecule has 4 nitrogen and oxygen atoms in total. The average Bonchev–Trinajstić information content (AvgIpc) is 2.49. The molecule has 0 aliphatic heterocycles. The molecule has 122 valence electrons. The van der Waals surface area contributed by atoms with Gasteiger partial charge < -0.3 is 11.1 Å². The lowest BCUT2D eigenvalue weighted by molar-refractivity contribution is -0.137. The maximum atomic E-state index is 12.7. The highest BCUT2D eigenvalue weighted by atomic mass is 19.4. The van der Waals surface area contributed by atoms with Gasteiger partial charge >= 0.3 is 6.18 Å². The van der Waals surface area contributed by atoms with Crippen LogP contribution in [0.1, 0.15) is 30.4 Å². The van der Waals surface area contributed by atoms with Gasteiger partial charge in [0.2, 0.25) is 5.91 Å². The SMILES string of the molecule is CC(CC(=O)Nc1ccc(N)nc1)c1cccc(C(F)(F)F)c1. The molecule has 1 amide bonds. The number of halogens is 3. The number of carbonyl (C=O) groups is 1. The molecule has 2 rings (SSSR count). The molecule has 23 heavy (non-hydrogen) atoms. The fraction of sp³-hybridized carbons (Fsp3) is 0.250. The van der Waals surface area contributed by atoms with E-state index in [1.54, 1.807) is 25.1 Å². The first kappa shape index (κ1) is 16.8. The summed E-state index contributed by atoms with van der Waals surface area (Å²) in [6.07, 6.45) is -2.92. The molecule has 3 N–H and O–H groups in total. The van der Waals surface area contributed by atoms with E-state index < -0.39 is 11.7 Å². The van der Waals surface area contributed by atoms with Crippen molar-refractivity contribution in [1.29, 1.82) is 0 Å². The van der Waals surface area contributed by atoms with Crippen LogP contribution in [0.4, 0.5) is 24.7 Å². The van der Waals surface area contributed by atoms with Crippen molar-refractivity contribution < 1.29 is 18.0 Å². The van der Waals surface area contributed by atoms with Crippen LogP contribution in [0.5, 0.6) is 0 Å². The van der Waals surface area contributed by atoms with E-state index in [-0.39, 0.29) is 18.2 Å². The zero-order chi connectivity index (χ0) is 17.0. The summed E-state index contributed by atoms with van der Waals surface area (Å²) in [6.45, 7) is 1.70. The van der Waals surface area contributed by atoms with E-state index >= 15 is 0 Å². The maximum absolute atomic E-state index is 12.7. The van der Waals surface area contributed by atoms with Crippen molar-refractivity contribution in [3.8, 4) is 0 Å². The topological polar surface area (TPSA) is 68.0 Å². The predicted octanol–water partition coefficient (Wildman–Crippen LogP) is 3.81. The molecule has 1 heterocycles. The summed E-state index contributed by atoms with van der Waals surface area (Å²) >= 11 is 0. The van der Waals surface area contributed by atoms with Gasteiger partial charge in [0.25, 0.3) is 0 Å². The van der Waals surface area contributed by atoms with Crippen molar-refractivity contribution in [3.63, 3.8) is 0 Å². The molecule has 0 spiro atoms. The lowest BCUT2D eigenvalue weighted by atomic mass is 9.95. The van der Waals surface area contributed by atoms with Crippen LogP contribution >= 0.6 is 0 Å². The Labute approximate surface area is 131 Å². The molecule has 0 radical (unpaired) electrons. The number of nitrogens with two attached hydrogens (primary N) is 1. The molecule has 0 aliphatic carbocycles. The summed E-state index contributed by atoms with van der Waals surface area (Å²) in [4.78, 5) is 15.8. The third-order valence-electron chi connectivity index (χ3n) is 3.34. The van der Waals surface area contributed by atoms with Gasteiger partial charge in [-0.25, -0.2) is 4.98 Å². The van der Waals surface area contributed by atoms with Gasteiger partial charge in [0, 0.05) is 6.42 Å². The van der Waals surface area contributed by atoms with E-state index in [1.165, 1.54) is 12.3 Å². The van der Waals surface area contributed by atoms with Crippen molar-refractivity contribution >= 4 is 17.4 Å².